The number of hydrogen-bond acceptors (Lipinski definition) is 5. The molecule has 0 unspecified atom stereocenters. The summed E-state index contributed by atoms with van der Waals surface area (Å²) < 4.78 is 0. The second kappa shape index (κ2) is 5.66. The van der Waals surface area contributed by atoms with Crippen LogP contribution in [0.4, 0.5) is 11.6 Å². The van der Waals surface area contributed by atoms with Crippen molar-refractivity contribution in [2.45, 2.75) is 20.8 Å². The number of amides is 1. The maximum Gasteiger partial charge on any atom is 0.258 e. The molecule has 0 spiro atoms. The first-order valence-electron chi connectivity index (χ1n) is 6.20. The molecule has 4 N–H and O–H groups in total. The van der Waals surface area contributed by atoms with Gasteiger partial charge in [-0.1, -0.05) is 0 Å². The van der Waals surface area contributed by atoms with Crippen LogP contribution in [0.2, 0.25) is 0 Å². The minimum Gasteiger partial charge on any atom is -0.324 e. The third kappa shape index (κ3) is 3.10. The standard InChI is InChI=1S/C14H17N5O/c1-8-6-11(19-15)4-5-12(8)13(20)18-14-16-9(2)7-10(3)17-14/h4-7,19H,15H2,1-3H3,(H,16,17,18,20). The second-order valence-electron chi connectivity index (χ2n) is 4.60. The zero-order chi connectivity index (χ0) is 14.7. The van der Waals surface area contributed by atoms with Crippen molar-refractivity contribution in [3.05, 3.63) is 46.8 Å². The molecule has 0 saturated carbocycles. The van der Waals surface area contributed by atoms with Gasteiger partial charge in [0, 0.05) is 22.6 Å². The van der Waals surface area contributed by atoms with Crippen LogP contribution in [0.5, 0.6) is 0 Å². The number of aryl methyl sites for hydroxylation is 3. The van der Waals surface area contributed by atoms with E-state index < -0.39 is 0 Å². The van der Waals surface area contributed by atoms with Crippen LogP contribution in [0.25, 0.3) is 0 Å². The predicted molar refractivity (Wildman–Crippen MR) is 78.4 cm³/mol. The molecule has 1 aromatic heterocycles. The van der Waals surface area contributed by atoms with E-state index in [1.165, 1.54) is 0 Å². The van der Waals surface area contributed by atoms with Gasteiger partial charge in [-0.3, -0.25) is 16.0 Å². The molecule has 20 heavy (non-hydrogen) atoms. The second-order valence-corrected chi connectivity index (χ2v) is 4.60. The van der Waals surface area contributed by atoms with Gasteiger partial charge in [-0.05, 0) is 50.6 Å². The fraction of sp³-hybridized carbons (Fsp3) is 0.214. The Morgan fingerprint density at radius 1 is 1.10 bits per heavy atom. The molecule has 1 aromatic carbocycles. The van der Waals surface area contributed by atoms with Crippen molar-refractivity contribution in [2.24, 2.45) is 5.84 Å². The maximum atomic E-state index is 12.2. The van der Waals surface area contributed by atoms with E-state index in [4.69, 9.17) is 5.84 Å². The molecule has 6 heteroatoms. The van der Waals surface area contributed by atoms with Crippen molar-refractivity contribution in [3.63, 3.8) is 0 Å². The Morgan fingerprint density at radius 3 is 2.30 bits per heavy atom. The molecule has 0 aliphatic carbocycles. The summed E-state index contributed by atoms with van der Waals surface area (Å²) in [6.45, 7) is 5.56. The highest BCUT2D eigenvalue weighted by Crippen LogP contribution is 2.15. The molecule has 104 valence electrons. The number of nitrogen functional groups attached to an aromatic ring is 1. The summed E-state index contributed by atoms with van der Waals surface area (Å²) in [6.07, 6.45) is 0. The number of anilines is 2. The summed E-state index contributed by atoms with van der Waals surface area (Å²) >= 11 is 0. The quantitative estimate of drug-likeness (QED) is 0.586. The number of hydrogen-bond donors (Lipinski definition) is 3. The minimum atomic E-state index is -0.240. The van der Waals surface area contributed by atoms with Crippen molar-refractivity contribution in [2.75, 3.05) is 10.7 Å². The highest BCUT2D eigenvalue weighted by Gasteiger charge is 2.11. The molecule has 0 bridgehead atoms. The third-order valence-electron chi connectivity index (χ3n) is 2.85. The Labute approximate surface area is 117 Å². The van der Waals surface area contributed by atoms with Crippen molar-refractivity contribution < 1.29 is 4.79 Å². The van der Waals surface area contributed by atoms with Crippen LogP contribution in [-0.4, -0.2) is 15.9 Å². The Balaban J connectivity index is 2.23. The van der Waals surface area contributed by atoms with Gasteiger partial charge in [0.1, 0.15) is 0 Å². The van der Waals surface area contributed by atoms with Gasteiger partial charge in [-0.25, -0.2) is 9.97 Å². The SMILES string of the molecule is Cc1cc(C)nc(NC(=O)c2ccc(NN)cc2C)n1. The van der Waals surface area contributed by atoms with Crippen molar-refractivity contribution in [1.29, 1.82) is 0 Å². The number of hydrazine groups is 1. The molecule has 1 heterocycles. The lowest BCUT2D eigenvalue weighted by Gasteiger charge is -2.09. The summed E-state index contributed by atoms with van der Waals surface area (Å²) in [5.74, 6) is 5.40. The lowest BCUT2D eigenvalue weighted by atomic mass is 10.1. The normalized spacial score (nSPS) is 10.2. The van der Waals surface area contributed by atoms with E-state index in [2.05, 4.69) is 20.7 Å². The maximum absolute atomic E-state index is 12.2. The van der Waals surface area contributed by atoms with Crippen LogP contribution in [0.3, 0.4) is 0 Å². The molecule has 0 saturated heterocycles. The van der Waals surface area contributed by atoms with Crippen LogP contribution in [0, 0.1) is 20.8 Å². The molecule has 1 amide bonds. The van der Waals surface area contributed by atoms with Crippen LogP contribution < -0.4 is 16.6 Å². The number of benzene rings is 1. The molecule has 0 fully saturated rings. The monoisotopic (exact) mass is 271 g/mol. The van der Waals surface area contributed by atoms with E-state index >= 15 is 0 Å². The van der Waals surface area contributed by atoms with Crippen LogP contribution >= 0.6 is 0 Å². The number of aromatic nitrogens is 2. The van der Waals surface area contributed by atoms with E-state index in [-0.39, 0.29) is 5.91 Å². The Hall–Kier alpha value is -2.47. The summed E-state index contributed by atoms with van der Waals surface area (Å²) in [5, 5.41) is 2.71. The smallest absolute Gasteiger partial charge is 0.258 e. The summed E-state index contributed by atoms with van der Waals surface area (Å²) in [4.78, 5) is 20.6. The first kappa shape index (κ1) is 14.0. The first-order chi connectivity index (χ1) is 9.49. The summed E-state index contributed by atoms with van der Waals surface area (Å²) in [7, 11) is 0. The third-order valence-corrected chi connectivity index (χ3v) is 2.85. The molecular formula is C14H17N5O. The molecule has 2 aromatic rings. The van der Waals surface area contributed by atoms with Crippen LogP contribution in [-0.2, 0) is 0 Å². The van der Waals surface area contributed by atoms with E-state index in [9.17, 15) is 4.79 Å². The van der Waals surface area contributed by atoms with Crippen molar-refractivity contribution in [3.8, 4) is 0 Å². The Morgan fingerprint density at radius 2 is 1.75 bits per heavy atom. The van der Waals surface area contributed by atoms with Gasteiger partial charge in [0.15, 0.2) is 0 Å². The lowest BCUT2D eigenvalue weighted by molar-refractivity contribution is 0.102. The fourth-order valence-corrected chi connectivity index (χ4v) is 1.96. The van der Waals surface area contributed by atoms with Crippen molar-refractivity contribution in [1.82, 2.24) is 9.97 Å². The van der Waals surface area contributed by atoms with Gasteiger partial charge in [0.2, 0.25) is 5.95 Å². The predicted octanol–water partition coefficient (Wildman–Crippen LogP) is 1.94. The Kier molecular flexibility index (Phi) is 3.95. The topological polar surface area (TPSA) is 92.9 Å². The number of nitrogens with zero attached hydrogens (tertiary/aromatic N) is 2. The zero-order valence-corrected chi connectivity index (χ0v) is 11.7. The summed E-state index contributed by atoms with van der Waals surface area (Å²) in [6, 6.07) is 7.10. The zero-order valence-electron chi connectivity index (χ0n) is 11.7. The number of carbonyl (C=O) groups excluding carboxylic acids is 1. The van der Waals surface area contributed by atoms with E-state index in [0.717, 1.165) is 22.6 Å². The fourth-order valence-electron chi connectivity index (χ4n) is 1.96. The molecule has 0 radical (unpaired) electrons. The van der Waals surface area contributed by atoms with Gasteiger partial charge >= 0.3 is 0 Å². The molecule has 0 atom stereocenters. The highest BCUT2D eigenvalue weighted by molar-refractivity contribution is 6.04. The van der Waals surface area contributed by atoms with Gasteiger partial charge in [0.05, 0.1) is 0 Å². The van der Waals surface area contributed by atoms with Crippen molar-refractivity contribution >= 4 is 17.5 Å². The summed E-state index contributed by atoms with van der Waals surface area (Å²) in [5.41, 5.74) is 6.30. The van der Waals surface area contributed by atoms with Gasteiger partial charge in [-0.15, -0.1) is 0 Å². The molecule has 6 nitrogen and oxygen atoms in total. The van der Waals surface area contributed by atoms with Crippen LogP contribution in [0.15, 0.2) is 24.3 Å². The van der Waals surface area contributed by atoms with Gasteiger partial charge < -0.3 is 5.43 Å². The van der Waals surface area contributed by atoms with Gasteiger partial charge in [0.25, 0.3) is 5.91 Å². The number of carbonyl (C=O) groups is 1. The Bertz CT molecular complexity index is 634. The van der Waals surface area contributed by atoms with Gasteiger partial charge in [-0.2, -0.15) is 0 Å². The van der Waals surface area contributed by atoms with E-state index in [0.29, 0.717) is 11.5 Å². The minimum absolute atomic E-state index is 0.240. The number of nitrogens with two attached hydrogens (primary N) is 1. The largest absolute Gasteiger partial charge is 0.324 e. The number of nitrogens with one attached hydrogen (secondary N) is 2. The van der Waals surface area contributed by atoms with E-state index in [1.54, 1.807) is 18.2 Å². The molecule has 0 aliphatic rings. The number of rotatable bonds is 3. The van der Waals surface area contributed by atoms with E-state index in [1.807, 2.05) is 26.8 Å². The highest BCUT2D eigenvalue weighted by atomic mass is 16.1. The first-order valence-corrected chi connectivity index (χ1v) is 6.20. The average Bonchev–Trinajstić information content (AvgIpc) is 2.36. The lowest BCUT2D eigenvalue weighted by Crippen LogP contribution is -2.16. The molecular weight excluding hydrogens is 254 g/mol. The molecule has 2 rings (SSSR count). The van der Waals surface area contributed by atoms with Crippen LogP contribution in [0.1, 0.15) is 27.3 Å². The molecule has 0 aliphatic heterocycles. The average molecular weight is 271 g/mol.